The average molecular weight is 387 g/mol. The van der Waals surface area contributed by atoms with Crippen LogP contribution < -0.4 is 10.2 Å². The Morgan fingerprint density at radius 2 is 1.59 bits per heavy atom. The second-order valence-electron chi connectivity index (χ2n) is 7.13. The van der Waals surface area contributed by atoms with Crippen molar-refractivity contribution in [3.05, 3.63) is 72.3 Å². The van der Waals surface area contributed by atoms with Crippen LogP contribution in [-0.4, -0.2) is 47.0 Å². The van der Waals surface area contributed by atoms with Gasteiger partial charge in [-0.3, -0.25) is 4.79 Å². The van der Waals surface area contributed by atoms with Crippen molar-refractivity contribution in [1.29, 1.82) is 0 Å². The molecule has 4 rings (SSSR count). The maximum Gasteiger partial charge on any atom is 0.225 e. The van der Waals surface area contributed by atoms with Crippen LogP contribution in [0, 0.1) is 0 Å². The van der Waals surface area contributed by atoms with Gasteiger partial charge in [-0.1, -0.05) is 60.7 Å². The topological polar surface area (TPSA) is 61.4 Å². The molecule has 3 aromatic rings. The largest absolute Gasteiger partial charge is 0.353 e. The Labute approximate surface area is 171 Å². The molecule has 0 radical (unpaired) electrons. The zero-order valence-corrected chi connectivity index (χ0v) is 16.6. The van der Waals surface area contributed by atoms with E-state index in [0.29, 0.717) is 25.6 Å². The van der Waals surface area contributed by atoms with E-state index in [1.54, 1.807) is 6.92 Å². The summed E-state index contributed by atoms with van der Waals surface area (Å²) in [5.74, 6) is 1.62. The summed E-state index contributed by atoms with van der Waals surface area (Å²) in [4.78, 5) is 25.2. The first kappa shape index (κ1) is 18.9. The van der Waals surface area contributed by atoms with Crippen LogP contribution in [0.5, 0.6) is 0 Å². The highest BCUT2D eigenvalue weighted by molar-refractivity contribution is 5.73. The number of aromatic nitrogens is 2. The van der Waals surface area contributed by atoms with Crippen LogP contribution in [0.15, 0.2) is 66.7 Å². The maximum absolute atomic E-state index is 11.6. The van der Waals surface area contributed by atoms with Gasteiger partial charge < -0.3 is 15.1 Å². The number of nitrogens with one attached hydrogen (secondary N) is 1. The number of benzene rings is 2. The van der Waals surface area contributed by atoms with Crippen LogP contribution in [0.3, 0.4) is 0 Å². The predicted octanol–water partition coefficient (Wildman–Crippen LogP) is 3.42. The lowest BCUT2D eigenvalue weighted by Crippen LogP contribution is -2.48. The van der Waals surface area contributed by atoms with Crippen LogP contribution in [0.1, 0.15) is 12.5 Å². The fraction of sp³-hybridized carbons (Fsp3) is 0.261. The summed E-state index contributed by atoms with van der Waals surface area (Å²) in [7, 11) is 0. The van der Waals surface area contributed by atoms with Gasteiger partial charge in [-0.15, -0.1) is 0 Å². The molecule has 1 saturated heterocycles. The maximum atomic E-state index is 11.6. The molecule has 1 aliphatic heterocycles. The number of hydrogen-bond donors (Lipinski definition) is 1. The molecule has 0 spiro atoms. The first-order valence-electron chi connectivity index (χ1n) is 9.92. The zero-order chi connectivity index (χ0) is 20.1. The number of anilines is 2. The van der Waals surface area contributed by atoms with Crippen LogP contribution in [-0.2, 0) is 11.3 Å². The Hall–Kier alpha value is -3.41. The lowest BCUT2D eigenvalue weighted by molar-refractivity contribution is -0.129. The van der Waals surface area contributed by atoms with Crippen LogP contribution >= 0.6 is 0 Å². The molecule has 6 heteroatoms. The summed E-state index contributed by atoms with van der Waals surface area (Å²) in [5.41, 5.74) is 3.12. The highest BCUT2D eigenvalue weighted by Crippen LogP contribution is 2.24. The minimum absolute atomic E-state index is 0.127. The van der Waals surface area contributed by atoms with Crippen LogP contribution in [0.4, 0.5) is 11.8 Å². The molecule has 2 aromatic carbocycles. The molecule has 0 saturated carbocycles. The standard InChI is InChI=1S/C23H25N5O/c1-18(29)27-12-14-28(15-13-27)22-16-21(20-10-6-3-7-11-20)25-23(26-22)24-17-19-8-4-2-5-9-19/h2-11,16H,12-15,17H2,1H3,(H,24,25,26). The molecule has 0 aliphatic carbocycles. The van der Waals surface area contributed by atoms with E-state index in [1.165, 1.54) is 5.56 Å². The molecule has 1 amide bonds. The van der Waals surface area contributed by atoms with E-state index in [9.17, 15) is 4.79 Å². The molecule has 0 unspecified atom stereocenters. The quantitative estimate of drug-likeness (QED) is 0.727. The summed E-state index contributed by atoms with van der Waals surface area (Å²) in [6.45, 7) is 5.25. The number of rotatable bonds is 5. The zero-order valence-electron chi connectivity index (χ0n) is 16.6. The highest BCUT2D eigenvalue weighted by atomic mass is 16.2. The van der Waals surface area contributed by atoms with Gasteiger partial charge in [0.05, 0.1) is 5.69 Å². The van der Waals surface area contributed by atoms with Gasteiger partial charge in [-0.2, -0.15) is 4.98 Å². The van der Waals surface area contributed by atoms with Gasteiger partial charge >= 0.3 is 0 Å². The Kier molecular flexibility index (Phi) is 5.70. The SMILES string of the molecule is CC(=O)N1CCN(c2cc(-c3ccccc3)nc(NCc3ccccc3)n2)CC1. The Bertz CT molecular complexity index is 954. The van der Waals surface area contributed by atoms with Gasteiger partial charge in [0, 0.05) is 51.3 Å². The van der Waals surface area contributed by atoms with E-state index in [-0.39, 0.29) is 5.91 Å². The Morgan fingerprint density at radius 3 is 2.24 bits per heavy atom. The van der Waals surface area contributed by atoms with Gasteiger partial charge in [-0.05, 0) is 5.56 Å². The summed E-state index contributed by atoms with van der Waals surface area (Å²) in [6, 6.07) is 22.4. The summed E-state index contributed by atoms with van der Waals surface area (Å²) >= 11 is 0. The van der Waals surface area contributed by atoms with Crippen molar-refractivity contribution >= 4 is 17.7 Å². The third kappa shape index (κ3) is 4.71. The number of amides is 1. The molecular formula is C23H25N5O. The molecule has 148 valence electrons. The summed E-state index contributed by atoms with van der Waals surface area (Å²) in [5, 5.41) is 3.36. The average Bonchev–Trinajstić information content (AvgIpc) is 2.79. The molecule has 1 aliphatic rings. The number of nitrogens with zero attached hydrogens (tertiary/aromatic N) is 4. The van der Waals surface area contributed by atoms with Crippen molar-refractivity contribution in [2.75, 3.05) is 36.4 Å². The number of carbonyl (C=O) groups is 1. The molecular weight excluding hydrogens is 362 g/mol. The first-order valence-corrected chi connectivity index (χ1v) is 9.92. The third-order valence-corrected chi connectivity index (χ3v) is 5.12. The van der Waals surface area contributed by atoms with E-state index < -0.39 is 0 Å². The number of hydrogen-bond acceptors (Lipinski definition) is 5. The van der Waals surface area contributed by atoms with Crippen molar-refractivity contribution in [2.45, 2.75) is 13.5 Å². The van der Waals surface area contributed by atoms with Gasteiger partial charge in [0.15, 0.2) is 0 Å². The molecule has 1 aromatic heterocycles. The second-order valence-corrected chi connectivity index (χ2v) is 7.13. The van der Waals surface area contributed by atoms with Gasteiger partial charge in [0.25, 0.3) is 0 Å². The van der Waals surface area contributed by atoms with Crippen molar-refractivity contribution in [3.63, 3.8) is 0 Å². The van der Waals surface area contributed by atoms with Crippen molar-refractivity contribution < 1.29 is 4.79 Å². The molecule has 1 fully saturated rings. The molecule has 0 bridgehead atoms. The first-order chi connectivity index (χ1) is 14.2. The van der Waals surface area contributed by atoms with E-state index >= 15 is 0 Å². The van der Waals surface area contributed by atoms with E-state index in [2.05, 4.69) is 34.5 Å². The highest BCUT2D eigenvalue weighted by Gasteiger charge is 2.21. The summed E-state index contributed by atoms with van der Waals surface area (Å²) < 4.78 is 0. The van der Waals surface area contributed by atoms with Crippen molar-refractivity contribution in [2.24, 2.45) is 0 Å². The van der Waals surface area contributed by atoms with E-state index in [0.717, 1.165) is 30.2 Å². The smallest absolute Gasteiger partial charge is 0.225 e. The number of carbonyl (C=O) groups excluding carboxylic acids is 1. The summed E-state index contributed by atoms with van der Waals surface area (Å²) in [6.07, 6.45) is 0. The Morgan fingerprint density at radius 1 is 0.931 bits per heavy atom. The fourth-order valence-electron chi connectivity index (χ4n) is 3.46. The molecule has 2 heterocycles. The molecule has 6 nitrogen and oxygen atoms in total. The lowest BCUT2D eigenvalue weighted by atomic mass is 10.1. The minimum Gasteiger partial charge on any atom is -0.353 e. The predicted molar refractivity (Wildman–Crippen MR) is 116 cm³/mol. The van der Waals surface area contributed by atoms with Gasteiger partial charge in [0.2, 0.25) is 11.9 Å². The van der Waals surface area contributed by atoms with Crippen LogP contribution in [0.25, 0.3) is 11.3 Å². The molecule has 29 heavy (non-hydrogen) atoms. The van der Waals surface area contributed by atoms with Gasteiger partial charge in [0.1, 0.15) is 5.82 Å². The van der Waals surface area contributed by atoms with Crippen molar-refractivity contribution in [3.8, 4) is 11.3 Å². The Balaban J connectivity index is 1.59. The van der Waals surface area contributed by atoms with Gasteiger partial charge in [-0.25, -0.2) is 4.98 Å². The monoisotopic (exact) mass is 387 g/mol. The minimum atomic E-state index is 0.127. The number of piperazine rings is 1. The normalized spacial score (nSPS) is 14.0. The fourth-order valence-corrected chi connectivity index (χ4v) is 3.46. The van der Waals surface area contributed by atoms with E-state index in [4.69, 9.17) is 9.97 Å². The van der Waals surface area contributed by atoms with E-state index in [1.807, 2.05) is 47.4 Å². The third-order valence-electron chi connectivity index (χ3n) is 5.12. The van der Waals surface area contributed by atoms with Crippen molar-refractivity contribution in [1.82, 2.24) is 14.9 Å². The van der Waals surface area contributed by atoms with Crippen LogP contribution in [0.2, 0.25) is 0 Å². The molecule has 0 atom stereocenters. The second kappa shape index (κ2) is 8.73. The lowest BCUT2D eigenvalue weighted by Gasteiger charge is -2.35. The molecule has 1 N–H and O–H groups in total.